The Balaban J connectivity index is 3.12. The predicted molar refractivity (Wildman–Crippen MR) is 41.5 cm³/mol. The van der Waals surface area contributed by atoms with Gasteiger partial charge in [-0.2, -0.15) is 5.26 Å². The van der Waals surface area contributed by atoms with Crippen molar-refractivity contribution < 1.29 is 0 Å². The van der Waals surface area contributed by atoms with Crippen LogP contribution in [0.5, 0.6) is 0 Å². The summed E-state index contributed by atoms with van der Waals surface area (Å²) in [5.41, 5.74) is 3.66. The van der Waals surface area contributed by atoms with Crippen molar-refractivity contribution in [3.8, 4) is 6.07 Å². The van der Waals surface area contributed by atoms with Crippen LogP contribution < -0.4 is 11.3 Å². The molecule has 4 heteroatoms. The lowest BCUT2D eigenvalue weighted by atomic mass is 10.2. The molecule has 0 fully saturated rings. The molecular formula is C7H8N4. The van der Waals surface area contributed by atoms with Crippen molar-refractivity contribution in [2.24, 2.45) is 5.84 Å². The Morgan fingerprint density at radius 2 is 2.36 bits per heavy atom. The second-order valence-corrected chi connectivity index (χ2v) is 2.09. The topological polar surface area (TPSA) is 74.7 Å². The van der Waals surface area contributed by atoms with E-state index in [9.17, 15) is 0 Å². The van der Waals surface area contributed by atoms with Gasteiger partial charge >= 0.3 is 0 Å². The van der Waals surface area contributed by atoms with Gasteiger partial charge in [0.1, 0.15) is 11.9 Å². The van der Waals surface area contributed by atoms with Gasteiger partial charge in [-0.3, -0.25) is 0 Å². The van der Waals surface area contributed by atoms with Crippen LogP contribution in [0.25, 0.3) is 0 Å². The van der Waals surface area contributed by atoms with E-state index in [0.29, 0.717) is 17.1 Å². The minimum absolute atomic E-state index is 0.571. The third-order valence-corrected chi connectivity index (χ3v) is 1.35. The molecule has 0 aliphatic rings. The average molecular weight is 148 g/mol. The van der Waals surface area contributed by atoms with Gasteiger partial charge in [0.15, 0.2) is 0 Å². The average Bonchev–Trinajstić information content (AvgIpc) is 2.04. The molecule has 0 spiro atoms. The summed E-state index contributed by atoms with van der Waals surface area (Å²) in [6.07, 6.45) is 0. The standard InChI is InChI=1S/C7H8N4/c1-5-6(4-8)2-3-7(10-5)11-9/h2-3H,9H2,1H3,(H,10,11). The maximum atomic E-state index is 8.54. The SMILES string of the molecule is Cc1nc(NN)ccc1C#N. The molecule has 0 bridgehead atoms. The van der Waals surface area contributed by atoms with Gasteiger partial charge in [0, 0.05) is 0 Å². The summed E-state index contributed by atoms with van der Waals surface area (Å²) in [7, 11) is 0. The van der Waals surface area contributed by atoms with Crippen LogP contribution in [0.4, 0.5) is 5.82 Å². The highest BCUT2D eigenvalue weighted by Gasteiger charge is 1.97. The lowest BCUT2D eigenvalue weighted by molar-refractivity contribution is 1.15. The summed E-state index contributed by atoms with van der Waals surface area (Å²) in [5.74, 6) is 5.69. The number of pyridine rings is 1. The minimum Gasteiger partial charge on any atom is -0.308 e. The van der Waals surface area contributed by atoms with Gasteiger partial charge in [-0.1, -0.05) is 0 Å². The molecule has 56 valence electrons. The van der Waals surface area contributed by atoms with Crippen LogP contribution >= 0.6 is 0 Å². The summed E-state index contributed by atoms with van der Waals surface area (Å²) < 4.78 is 0. The quantitative estimate of drug-likeness (QED) is 0.450. The Hall–Kier alpha value is -1.60. The monoisotopic (exact) mass is 148 g/mol. The van der Waals surface area contributed by atoms with Crippen LogP contribution in [0.1, 0.15) is 11.3 Å². The summed E-state index contributed by atoms with van der Waals surface area (Å²) in [6.45, 7) is 1.76. The first-order valence-electron chi connectivity index (χ1n) is 3.12. The first kappa shape index (κ1) is 7.51. The second kappa shape index (κ2) is 2.99. The highest BCUT2D eigenvalue weighted by atomic mass is 15.2. The van der Waals surface area contributed by atoms with Crippen molar-refractivity contribution in [1.82, 2.24) is 4.98 Å². The van der Waals surface area contributed by atoms with E-state index < -0.39 is 0 Å². The van der Waals surface area contributed by atoms with Gasteiger partial charge in [-0.05, 0) is 19.1 Å². The van der Waals surface area contributed by atoms with Gasteiger partial charge in [0.2, 0.25) is 0 Å². The van der Waals surface area contributed by atoms with E-state index in [1.165, 1.54) is 0 Å². The molecule has 0 aliphatic carbocycles. The zero-order valence-corrected chi connectivity index (χ0v) is 6.13. The normalized spacial score (nSPS) is 8.82. The fraction of sp³-hybridized carbons (Fsp3) is 0.143. The molecule has 1 aromatic rings. The zero-order chi connectivity index (χ0) is 8.27. The molecule has 0 amide bonds. The summed E-state index contributed by atoms with van der Waals surface area (Å²) >= 11 is 0. The van der Waals surface area contributed by atoms with E-state index in [1.54, 1.807) is 19.1 Å². The summed E-state index contributed by atoms with van der Waals surface area (Å²) in [4.78, 5) is 4.00. The maximum absolute atomic E-state index is 8.54. The number of nitrogens with one attached hydrogen (secondary N) is 1. The molecule has 0 aliphatic heterocycles. The molecule has 1 rings (SSSR count). The minimum atomic E-state index is 0.571. The van der Waals surface area contributed by atoms with E-state index >= 15 is 0 Å². The molecule has 0 saturated heterocycles. The number of nitrogens with two attached hydrogens (primary N) is 1. The van der Waals surface area contributed by atoms with Gasteiger partial charge in [0.05, 0.1) is 11.3 Å². The molecular weight excluding hydrogens is 140 g/mol. The Labute approximate surface area is 64.6 Å². The lowest BCUT2D eigenvalue weighted by Crippen LogP contribution is -2.09. The van der Waals surface area contributed by atoms with E-state index in [1.807, 2.05) is 6.07 Å². The number of nitrogens with zero attached hydrogens (tertiary/aromatic N) is 2. The largest absolute Gasteiger partial charge is 0.308 e. The molecule has 4 nitrogen and oxygen atoms in total. The van der Waals surface area contributed by atoms with Crippen molar-refractivity contribution in [2.75, 3.05) is 5.43 Å². The van der Waals surface area contributed by atoms with Gasteiger partial charge in [0.25, 0.3) is 0 Å². The molecule has 1 heterocycles. The predicted octanol–water partition coefficient (Wildman–Crippen LogP) is 0.547. The van der Waals surface area contributed by atoms with Crippen LogP contribution in [0.15, 0.2) is 12.1 Å². The Kier molecular flexibility index (Phi) is 2.04. The number of nitriles is 1. The second-order valence-electron chi connectivity index (χ2n) is 2.09. The molecule has 0 radical (unpaired) electrons. The lowest BCUT2D eigenvalue weighted by Gasteiger charge is -2.00. The first-order valence-corrected chi connectivity index (χ1v) is 3.12. The van der Waals surface area contributed by atoms with Gasteiger partial charge in [-0.15, -0.1) is 0 Å². The van der Waals surface area contributed by atoms with E-state index in [2.05, 4.69) is 10.4 Å². The van der Waals surface area contributed by atoms with E-state index in [-0.39, 0.29) is 0 Å². The Bertz CT molecular complexity index is 300. The molecule has 0 atom stereocenters. The summed E-state index contributed by atoms with van der Waals surface area (Å²) in [5, 5.41) is 8.54. The maximum Gasteiger partial charge on any atom is 0.140 e. The van der Waals surface area contributed by atoms with Crippen LogP contribution in [0.3, 0.4) is 0 Å². The Morgan fingerprint density at radius 3 is 2.82 bits per heavy atom. The smallest absolute Gasteiger partial charge is 0.140 e. The molecule has 3 N–H and O–H groups in total. The van der Waals surface area contributed by atoms with Crippen molar-refractivity contribution in [3.63, 3.8) is 0 Å². The molecule has 0 aromatic carbocycles. The third-order valence-electron chi connectivity index (χ3n) is 1.35. The Morgan fingerprint density at radius 1 is 1.64 bits per heavy atom. The van der Waals surface area contributed by atoms with Crippen molar-refractivity contribution in [1.29, 1.82) is 5.26 Å². The third kappa shape index (κ3) is 1.45. The fourth-order valence-corrected chi connectivity index (χ4v) is 0.760. The van der Waals surface area contributed by atoms with E-state index in [0.717, 1.165) is 0 Å². The number of hydrogen-bond donors (Lipinski definition) is 2. The molecule has 0 unspecified atom stereocenters. The number of hydrazine groups is 1. The van der Waals surface area contributed by atoms with Gasteiger partial charge < -0.3 is 5.43 Å². The number of hydrogen-bond acceptors (Lipinski definition) is 4. The number of rotatable bonds is 1. The molecule has 1 aromatic heterocycles. The van der Waals surface area contributed by atoms with Crippen molar-refractivity contribution in [3.05, 3.63) is 23.4 Å². The number of aromatic nitrogens is 1. The fourth-order valence-electron chi connectivity index (χ4n) is 0.760. The first-order chi connectivity index (χ1) is 5.27. The van der Waals surface area contributed by atoms with E-state index in [4.69, 9.17) is 11.1 Å². The number of nitrogen functional groups attached to an aromatic ring is 1. The van der Waals surface area contributed by atoms with Crippen molar-refractivity contribution >= 4 is 5.82 Å². The summed E-state index contributed by atoms with van der Waals surface area (Å²) in [6, 6.07) is 5.35. The highest BCUT2D eigenvalue weighted by molar-refractivity contribution is 5.41. The van der Waals surface area contributed by atoms with Crippen LogP contribution in [-0.4, -0.2) is 4.98 Å². The van der Waals surface area contributed by atoms with Crippen LogP contribution in [0.2, 0.25) is 0 Å². The highest BCUT2D eigenvalue weighted by Crippen LogP contribution is 2.07. The van der Waals surface area contributed by atoms with Crippen LogP contribution in [-0.2, 0) is 0 Å². The van der Waals surface area contributed by atoms with Crippen molar-refractivity contribution in [2.45, 2.75) is 6.92 Å². The van der Waals surface area contributed by atoms with Gasteiger partial charge in [-0.25, -0.2) is 10.8 Å². The zero-order valence-electron chi connectivity index (χ0n) is 6.13. The number of aryl methyl sites for hydroxylation is 1. The number of anilines is 1. The van der Waals surface area contributed by atoms with Crippen LogP contribution in [0, 0.1) is 18.3 Å². The molecule has 0 saturated carbocycles. The molecule has 11 heavy (non-hydrogen) atoms.